The Morgan fingerprint density at radius 3 is 2.73 bits per heavy atom. The zero-order chi connectivity index (χ0) is 22.3. The van der Waals surface area contributed by atoms with E-state index in [9.17, 15) is 19.5 Å². The maximum Gasteiger partial charge on any atom is 0.331 e. The number of unbranched alkanes of at least 4 members (excludes halogenated alkanes) is 2. The van der Waals surface area contributed by atoms with Crippen LogP contribution in [-0.4, -0.2) is 35.9 Å². The van der Waals surface area contributed by atoms with Crippen molar-refractivity contribution in [3.8, 4) is 0 Å². The highest BCUT2D eigenvalue weighted by Gasteiger charge is 2.55. The average Bonchev–Trinajstić information content (AvgIpc) is 2.98. The van der Waals surface area contributed by atoms with E-state index in [1.54, 1.807) is 12.2 Å². The minimum Gasteiger partial charge on any atom is -0.455 e. The van der Waals surface area contributed by atoms with E-state index in [1.165, 1.54) is 6.08 Å². The largest absolute Gasteiger partial charge is 0.455 e. The number of fused-ring (bicyclic) bond motifs is 1. The molecule has 0 aliphatic heterocycles. The minimum absolute atomic E-state index is 0.0620. The summed E-state index contributed by atoms with van der Waals surface area (Å²) in [6.45, 7) is 9.68. The van der Waals surface area contributed by atoms with Gasteiger partial charge in [-0.3, -0.25) is 9.59 Å². The predicted molar refractivity (Wildman–Crippen MR) is 117 cm³/mol. The Kier molecular flexibility index (Phi) is 8.54. The maximum atomic E-state index is 12.8. The van der Waals surface area contributed by atoms with Gasteiger partial charge in [0.2, 0.25) is 0 Å². The summed E-state index contributed by atoms with van der Waals surface area (Å²) in [5.74, 6) is -1.14. The van der Waals surface area contributed by atoms with Crippen LogP contribution in [-0.2, 0) is 19.1 Å². The topological polar surface area (TPSA) is 80.7 Å². The molecule has 0 heterocycles. The number of hydrogen-bond donors (Lipinski definition) is 1. The standard InChI is InChI=1S/C25H34O5/c1-5-6-7-8-17(2)9-12-24(29)30-23-11-10-19(16-27)25(4)20(13-18(3)15-26)22(28)14-21(23)25/h8-9,12,14-15,19-20,23,27H,3,5-7,10-11,13,16H2,1-2,4H3. The van der Waals surface area contributed by atoms with E-state index in [2.05, 4.69) is 19.6 Å². The van der Waals surface area contributed by atoms with Gasteiger partial charge in [-0.05, 0) is 55.7 Å². The smallest absolute Gasteiger partial charge is 0.331 e. The van der Waals surface area contributed by atoms with Crippen molar-refractivity contribution < 1.29 is 24.2 Å². The molecular formula is C25H34O5. The second-order valence-corrected chi connectivity index (χ2v) is 8.62. The van der Waals surface area contributed by atoms with Crippen LogP contribution in [0.4, 0.5) is 0 Å². The van der Waals surface area contributed by atoms with Crippen molar-refractivity contribution in [1.82, 2.24) is 0 Å². The van der Waals surface area contributed by atoms with Crippen molar-refractivity contribution in [2.45, 2.75) is 65.4 Å². The van der Waals surface area contributed by atoms with Crippen LogP contribution in [0, 0.1) is 17.3 Å². The van der Waals surface area contributed by atoms with Gasteiger partial charge in [-0.25, -0.2) is 4.79 Å². The zero-order valence-electron chi connectivity index (χ0n) is 18.4. The molecule has 2 aliphatic carbocycles. The van der Waals surface area contributed by atoms with Gasteiger partial charge in [-0.1, -0.05) is 51.0 Å². The number of allylic oxidation sites excluding steroid dienone is 5. The molecule has 2 rings (SSSR count). The van der Waals surface area contributed by atoms with Crippen LogP contribution in [0.15, 0.2) is 47.6 Å². The highest BCUT2D eigenvalue weighted by atomic mass is 16.5. The quantitative estimate of drug-likeness (QED) is 0.190. The Labute approximate surface area is 179 Å². The van der Waals surface area contributed by atoms with E-state index >= 15 is 0 Å². The lowest BCUT2D eigenvalue weighted by atomic mass is 9.59. The first kappa shape index (κ1) is 24.0. The van der Waals surface area contributed by atoms with Crippen LogP contribution in [0.5, 0.6) is 0 Å². The lowest BCUT2D eigenvalue weighted by Crippen LogP contribution is -2.45. The fourth-order valence-electron chi connectivity index (χ4n) is 4.68. The van der Waals surface area contributed by atoms with Crippen LogP contribution < -0.4 is 0 Å². The van der Waals surface area contributed by atoms with E-state index in [4.69, 9.17) is 4.74 Å². The van der Waals surface area contributed by atoms with Gasteiger partial charge in [0.1, 0.15) is 12.4 Å². The number of hydrogen-bond acceptors (Lipinski definition) is 5. The van der Waals surface area contributed by atoms with Gasteiger partial charge in [0, 0.05) is 24.0 Å². The molecule has 164 valence electrons. The average molecular weight is 415 g/mol. The minimum atomic E-state index is -0.652. The number of ketones is 1. The fraction of sp³-hybridized carbons (Fsp3) is 0.560. The van der Waals surface area contributed by atoms with Crippen molar-refractivity contribution in [3.05, 3.63) is 47.6 Å². The first-order valence-corrected chi connectivity index (χ1v) is 10.8. The van der Waals surface area contributed by atoms with E-state index in [-0.39, 0.29) is 24.7 Å². The van der Waals surface area contributed by atoms with Crippen LogP contribution >= 0.6 is 0 Å². The third kappa shape index (κ3) is 5.25. The Balaban J connectivity index is 2.16. The molecule has 4 unspecified atom stereocenters. The zero-order valence-corrected chi connectivity index (χ0v) is 18.4. The molecule has 0 aromatic carbocycles. The predicted octanol–water partition coefficient (Wildman–Crippen LogP) is 4.27. The second-order valence-electron chi connectivity index (χ2n) is 8.62. The first-order chi connectivity index (χ1) is 14.3. The van der Waals surface area contributed by atoms with Gasteiger partial charge in [0.25, 0.3) is 0 Å². The molecular weight excluding hydrogens is 380 g/mol. The van der Waals surface area contributed by atoms with Crippen LogP contribution in [0.2, 0.25) is 0 Å². The van der Waals surface area contributed by atoms with Gasteiger partial charge in [0.15, 0.2) is 5.78 Å². The lowest BCUT2D eigenvalue weighted by Gasteiger charge is -2.46. The molecule has 2 aliphatic rings. The summed E-state index contributed by atoms with van der Waals surface area (Å²) in [6.07, 6.45) is 11.7. The van der Waals surface area contributed by atoms with Crippen molar-refractivity contribution in [3.63, 3.8) is 0 Å². The number of esters is 1. The molecule has 0 radical (unpaired) electrons. The molecule has 0 amide bonds. The van der Waals surface area contributed by atoms with Crippen LogP contribution in [0.1, 0.15) is 59.3 Å². The highest BCUT2D eigenvalue weighted by molar-refractivity contribution is 5.98. The Morgan fingerprint density at radius 2 is 2.10 bits per heavy atom. The second kappa shape index (κ2) is 10.7. The van der Waals surface area contributed by atoms with E-state index in [0.717, 1.165) is 30.4 Å². The van der Waals surface area contributed by atoms with Gasteiger partial charge < -0.3 is 9.84 Å². The number of carbonyl (C=O) groups excluding carboxylic acids is 3. The number of carbonyl (C=O) groups is 3. The summed E-state index contributed by atoms with van der Waals surface area (Å²) in [7, 11) is 0. The lowest BCUT2D eigenvalue weighted by molar-refractivity contribution is -0.144. The monoisotopic (exact) mass is 414 g/mol. The van der Waals surface area contributed by atoms with Gasteiger partial charge in [-0.15, -0.1) is 0 Å². The van der Waals surface area contributed by atoms with Gasteiger partial charge in [-0.2, -0.15) is 0 Å². The van der Waals surface area contributed by atoms with Gasteiger partial charge >= 0.3 is 5.97 Å². The van der Waals surface area contributed by atoms with Gasteiger partial charge in [0.05, 0.1) is 0 Å². The third-order valence-corrected chi connectivity index (χ3v) is 6.58. The summed E-state index contributed by atoms with van der Waals surface area (Å²) in [5.41, 5.74) is 1.46. The van der Waals surface area contributed by atoms with Crippen molar-refractivity contribution in [2.75, 3.05) is 6.61 Å². The van der Waals surface area contributed by atoms with Crippen LogP contribution in [0.3, 0.4) is 0 Å². The van der Waals surface area contributed by atoms with E-state index < -0.39 is 23.4 Å². The molecule has 1 N–H and O–H groups in total. The molecule has 0 saturated heterocycles. The SMILES string of the molecule is C=C(C=O)CC1C(=O)C=C2C(OC(=O)C=CC(C)=CCCCC)CCC(CO)C21C. The Hall–Kier alpha value is -2.27. The molecule has 0 aromatic rings. The molecule has 0 spiro atoms. The summed E-state index contributed by atoms with van der Waals surface area (Å²) in [6, 6.07) is 0. The number of ether oxygens (including phenoxy) is 1. The first-order valence-electron chi connectivity index (χ1n) is 10.8. The normalized spacial score (nSPS) is 28.9. The molecule has 5 nitrogen and oxygen atoms in total. The van der Waals surface area contributed by atoms with E-state index in [0.29, 0.717) is 24.7 Å². The van der Waals surface area contributed by atoms with Crippen molar-refractivity contribution in [2.24, 2.45) is 17.3 Å². The molecule has 0 aromatic heterocycles. The number of aliphatic hydroxyl groups is 1. The number of aliphatic hydroxyl groups excluding tert-OH is 1. The summed E-state index contributed by atoms with van der Waals surface area (Å²) in [5, 5.41) is 9.95. The van der Waals surface area contributed by atoms with Crippen LogP contribution in [0.25, 0.3) is 0 Å². The number of aldehydes is 1. The molecule has 1 saturated carbocycles. The maximum absolute atomic E-state index is 12.8. The Morgan fingerprint density at radius 1 is 1.37 bits per heavy atom. The number of rotatable bonds is 10. The Bertz CT molecular complexity index is 772. The fourth-order valence-corrected chi connectivity index (χ4v) is 4.68. The molecule has 30 heavy (non-hydrogen) atoms. The summed E-state index contributed by atoms with van der Waals surface area (Å²) >= 11 is 0. The van der Waals surface area contributed by atoms with Crippen molar-refractivity contribution in [1.29, 1.82) is 0 Å². The van der Waals surface area contributed by atoms with E-state index in [1.807, 2.05) is 13.8 Å². The summed E-state index contributed by atoms with van der Waals surface area (Å²) in [4.78, 5) is 36.2. The molecule has 5 heteroatoms. The highest BCUT2D eigenvalue weighted by Crippen LogP contribution is 2.56. The third-order valence-electron chi connectivity index (χ3n) is 6.58. The molecule has 1 fully saturated rings. The summed E-state index contributed by atoms with van der Waals surface area (Å²) < 4.78 is 5.72. The molecule has 0 bridgehead atoms. The molecule has 4 atom stereocenters. The van der Waals surface area contributed by atoms with Crippen molar-refractivity contribution >= 4 is 18.0 Å².